The molecule has 0 aromatic heterocycles. The van der Waals surface area contributed by atoms with Crippen LogP contribution in [0.2, 0.25) is 0 Å². The minimum absolute atomic E-state index is 0.101. The van der Waals surface area contributed by atoms with Gasteiger partial charge in [0.1, 0.15) is 0 Å². The maximum Gasteiger partial charge on any atom is 0.437 e. The standard InChI is InChI=1S/C12H13N3O4/c1-8(9-5-6-9)14-19-12(16)13-10-3-2-4-11(7-10)15(17)18/h2-4,7,9H,5-6H2,1H3,(H,13,16)/b14-8+. The number of oxime groups is 1. The molecule has 0 bridgehead atoms. The second-order valence-corrected chi connectivity index (χ2v) is 4.32. The van der Waals surface area contributed by atoms with Crippen LogP contribution in [0, 0.1) is 16.0 Å². The number of anilines is 1. The first-order valence-corrected chi connectivity index (χ1v) is 5.83. The van der Waals surface area contributed by atoms with E-state index in [1.807, 2.05) is 0 Å². The third kappa shape index (κ3) is 3.77. The largest absolute Gasteiger partial charge is 0.437 e. The van der Waals surface area contributed by atoms with E-state index in [4.69, 9.17) is 0 Å². The molecule has 1 aromatic carbocycles. The van der Waals surface area contributed by atoms with Crippen molar-refractivity contribution in [3.63, 3.8) is 0 Å². The smallest absolute Gasteiger partial charge is 0.298 e. The molecule has 1 N–H and O–H groups in total. The highest BCUT2D eigenvalue weighted by Crippen LogP contribution is 2.30. The van der Waals surface area contributed by atoms with Gasteiger partial charge in [0.05, 0.1) is 16.3 Å². The number of benzene rings is 1. The second-order valence-electron chi connectivity index (χ2n) is 4.32. The lowest BCUT2D eigenvalue weighted by Crippen LogP contribution is -2.12. The molecule has 0 spiro atoms. The van der Waals surface area contributed by atoms with Gasteiger partial charge in [0, 0.05) is 18.1 Å². The molecule has 1 amide bonds. The van der Waals surface area contributed by atoms with Crippen LogP contribution in [0.3, 0.4) is 0 Å². The monoisotopic (exact) mass is 263 g/mol. The summed E-state index contributed by atoms with van der Waals surface area (Å²) in [5, 5.41) is 16.7. The third-order valence-corrected chi connectivity index (χ3v) is 2.74. The van der Waals surface area contributed by atoms with Crippen LogP contribution < -0.4 is 5.32 Å². The Hall–Kier alpha value is -2.44. The predicted molar refractivity (Wildman–Crippen MR) is 69.0 cm³/mol. The summed E-state index contributed by atoms with van der Waals surface area (Å²) in [4.78, 5) is 26.1. The highest BCUT2D eigenvalue weighted by atomic mass is 16.7. The van der Waals surface area contributed by atoms with Crippen molar-refractivity contribution in [2.75, 3.05) is 5.32 Å². The number of hydrogen-bond acceptors (Lipinski definition) is 5. The Bertz CT molecular complexity index is 538. The van der Waals surface area contributed by atoms with E-state index < -0.39 is 11.0 Å². The van der Waals surface area contributed by atoms with Gasteiger partial charge in [-0.2, -0.15) is 0 Å². The van der Waals surface area contributed by atoms with Gasteiger partial charge in [-0.05, 0) is 25.8 Å². The number of carbonyl (C=O) groups is 1. The van der Waals surface area contributed by atoms with Crippen molar-refractivity contribution in [2.45, 2.75) is 19.8 Å². The van der Waals surface area contributed by atoms with Crippen LogP contribution >= 0.6 is 0 Å². The van der Waals surface area contributed by atoms with E-state index in [0.29, 0.717) is 11.6 Å². The molecule has 1 aromatic rings. The maximum atomic E-state index is 11.4. The predicted octanol–water partition coefficient (Wildman–Crippen LogP) is 2.93. The van der Waals surface area contributed by atoms with Gasteiger partial charge in [0.2, 0.25) is 0 Å². The first-order valence-electron chi connectivity index (χ1n) is 5.83. The van der Waals surface area contributed by atoms with E-state index in [9.17, 15) is 14.9 Å². The molecule has 0 heterocycles. The first kappa shape index (κ1) is 13.0. The molecule has 2 rings (SSSR count). The molecule has 0 radical (unpaired) electrons. The van der Waals surface area contributed by atoms with Crippen LogP contribution in [0.25, 0.3) is 0 Å². The number of nitrogens with one attached hydrogen (secondary N) is 1. The summed E-state index contributed by atoms with van der Waals surface area (Å²) < 4.78 is 0. The van der Waals surface area contributed by atoms with E-state index >= 15 is 0 Å². The fourth-order valence-electron chi connectivity index (χ4n) is 1.53. The topological polar surface area (TPSA) is 93.8 Å². The minimum atomic E-state index is -0.763. The fraction of sp³-hybridized carbons (Fsp3) is 0.333. The molecule has 0 unspecified atom stereocenters. The number of amides is 1. The van der Waals surface area contributed by atoms with Gasteiger partial charge in [-0.1, -0.05) is 11.2 Å². The summed E-state index contributed by atoms with van der Waals surface area (Å²) >= 11 is 0. The van der Waals surface area contributed by atoms with Crippen LogP contribution in [0.15, 0.2) is 29.4 Å². The lowest BCUT2D eigenvalue weighted by molar-refractivity contribution is -0.384. The van der Waals surface area contributed by atoms with Crippen LogP contribution in [0.4, 0.5) is 16.2 Å². The number of non-ortho nitro benzene ring substituents is 1. The molecule has 1 fully saturated rings. The van der Waals surface area contributed by atoms with E-state index in [1.165, 1.54) is 24.3 Å². The Morgan fingerprint density at radius 3 is 2.89 bits per heavy atom. The normalized spacial score (nSPS) is 14.9. The quantitative estimate of drug-likeness (QED) is 0.391. The van der Waals surface area contributed by atoms with Gasteiger partial charge < -0.3 is 0 Å². The van der Waals surface area contributed by atoms with Crippen molar-refractivity contribution in [1.82, 2.24) is 0 Å². The minimum Gasteiger partial charge on any atom is -0.298 e. The van der Waals surface area contributed by atoms with Gasteiger partial charge in [-0.15, -0.1) is 0 Å². The van der Waals surface area contributed by atoms with Gasteiger partial charge >= 0.3 is 6.09 Å². The molecule has 1 aliphatic carbocycles. The molecule has 0 aliphatic heterocycles. The highest BCUT2D eigenvalue weighted by molar-refractivity contribution is 5.88. The molecule has 1 aliphatic rings. The Morgan fingerprint density at radius 1 is 1.53 bits per heavy atom. The molecule has 0 atom stereocenters. The summed E-state index contributed by atoms with van der Waals surface area (Å²) in [7, 11) is 0. The summed E-state index contributed by atoms with van der Waals surface area (Å²) in [5.74, 6) is 0.422. The number of hydrogen-bond donors (Lipinski definition) is 1. The molecular formula is C12H13N3O4. The Labute approximate surface area is 109 Å². The van der Waals surface area contributed by atoms with Crippen molar-refractivity contribution < 1.29 is 14.6 Å². The third-order valence-electron chi connectivity index (χ3n) is 2.74. The molecule has 100 valence electrons. The van der Waals surface area contributed by atoms with Crippen molar-refractivity contribution in [3.8, 4) is 0 Å². The zero-order chi connectivity index (χ0) is 13.8. The molecule has 1 saturated carbocycles. The maximum absolute atomic E-state index is 11.4. The number of rotatable bonds is 4. The van der Waals surface area contributed by atoms with Gasteiger partial charge in [-0.25, -0.2) is 4.79 Å². The number of carbonyl (C=O) groups excluding carboxylic acids is 1. The first-order chi connectivity index (χ1) is 9.06. The second kappa shape index (κ2) is 5.47. The number of nitro groups is 1. The van der Waals surface area contributed by atoms with E-state index in [0.717, 1.165) is 18.6 Å². The van der Waals surface area contributed by atoms with Crippen LogP contribution in [-0.2, 0) is 4.84 Å². The van der Waals surface area contributed by atoms with Crippen molar-refractivity contribution >= 4 is 23.2 Å². The average molecular weight is 263 g/mol. The van der Waals surface area contributed by atoms with Crippen molar-refractivity contribution in [1.29, 1.82) is 0 Å². The van der Waals surface area contributed by atoms with Crippen molar-refractivity contribution in [2.24, 2.45) is 11.1 Å². The van der Waals surface area contributed by atoms with E-state index in [2.05, 4.69) is 15.3 Å². The Balaban J connectivity index is 1.92. The van der Waals surface area contributed by atoms with E-state index in [1.54, 1.807) is 6.92 Å². The summed E-state index contributed by atoms with van der Waals surface area (Å²) in [5.41, 5.74) is 0.975. The zero-order valence-corrected chi connectivity index (χ0v) is 10.3. The van der Waals surface area contributed by atoms with Gasteiger partial charge in [0.15, 0.2) is 0 Å². The summed E-state index contributed by atoms with van der Waals surface area (Å²) in [6.07, 6.45) is 1.39. The zero-order valence-electron chi connectivity index (χ0n) is 10.3. The fourth-order valence-corrected chi connectivity index (χ4v) is 1.53. The SMILES string of the molecule is C/C(=N\OC(=O)Nc1cccc([N+](=O)[O-])c1)C1CC1. The number of nitrogens with zero attached hydrogens (tertiary/aromatic N) is 2. The Kier molecular flexibility index (Phi) is 3.74. The average Bonchev–Trinajstić information content (AvgIpc) is 3.20. The molecular weight excluding hydrogens is 250 g/mol. The number of nitro benzene ring substituents is 1. The molecule has 0 saturated heterocycles. The van der Waals surface area contributed by atoms with E-state index in [-0.39, 0.29) is 5.69 Å². The van der Waals surface area contributed by atoms with Crippen LogP contribution in [-0.4, -0.2) is 16.7 Å². The summed E-state index contributed by atoms with van der Waals surface area (Å²) in [6.45, 7) is 1.80. The Morgan fingerprint density at radius 2 is 2.26 bits per heavy atom. The molecule has 7 heteroatoms. The van der Waals surface area contributed by atoms with Crippen LogP contribution in [0.5, 0.6) is 0 Å². The molecule has 7 nitrogen and oxygen atoms in total. The molecule has 19 heavy (non-hydrogen) atoms. The van der Waals surface area contributed by atoms with Crippen molar-refractivity contribution in [3.05, 3.63) is 34.4 Å². The van der Waals surface area contributed by atoms with Gasteiger partial charge in [-0.3, -0.25) is 20.3 Å². The summed E-state index contributed by atoms with van der Waals surface area (Å²) in [6, 6.07) is 5.60. The highest BCUT2D eigenvalue weighted by Gasteiger charge is 2.25. The lowest BCUT2D eigenvalue weighted by atomic mass is 10.3. The lowest BCUT2D eigenvalue weighted by Gasteiger charge is -2.03. The van der Waals surface area contributed by atoms with Crippen LogP contribution in [0.1, 0.15) is 19.8 Å². The van der Waals surface area contributed by atoms with Gasteiger partial charge in [0.25, 0.3) is 5.69 Å².